The SMILES string of the molecule is COc1cccc(CC(=O)N2CCCC(O)(c3cn(C(C)C)nn3)C2)n1. The van der Waals surface area contributed by atoms with Crippen molar-refractivity contribution in [3.05, 3.63) is 35.8 Å². The molecule has 3 heterocycles. The Morgan fingerprint density at radius 2 is 2.23 bits per heavy atom. The minimum Gasteiger partial charge on any atom is -0.481 e. The van der Waals surface area contributed by atoms with Crippen LogP contribution in [0.3, 0.4) is 0 Å². The summed E-state index contributed by atoms with van der Waals surface area (Å²) >= 11 is 0. The summed E-state index contributed by atoms with van der Waals surface area (Å²) in [5, 5.41) is 19.3. The van der Waals surface area contributed by atoms with Crippen molar-refractivity contribution in [3.8, 4) is 5.88 Å². The molecule has 0 spiro atoms. The van der Waals surface area contributed by atoms with Crippen LogP contribution in [0.5, 0.6) is 5.88 Å². The van der Waals surface area contributed by atoms with Gasteiger partial charge in [0.1, 0.15) is 11.3 Å². The average Bonchev–Trinajstić information content (AvgIpc) is 3.13. The molecule has 1 aliphatic heterocycles. The molecule has 2 aromatic heterocycles. The molecule has 1 aliphatic rings. The van der Waals surface area contributed by atoms with Crippen LogP contribution in [-0.2, 0) is 16.8 Å². The highest BCUT2D eigenvalue weighted by Gasteiger charge is 2.39. The van der Waals surface area contributed by atoms with E-state index in [2.05, 4.69) is 15.3 Å². The number of carbonyl (C=O) groups is 1. The Hall–Kier alpha value is -2.48. The summed E-state index contributed by atoms with van der Waals surface area (Å²) in [6.45, 7) is 4.83. The van der Waals surface area contributed by atoms with Gasteiger partial charge in [0.05, 0.1) is 32.0 Å². The number of likely N-dealkylation sites (tertiary alicyclic amines) is 1. The Labute approximate surface area is 152 Å². The molecule has 1 saturated heterocycles. The van der Waals surface area contributed by atoms with Gasteiger partial charge in [-0.05, 0) is 32.8 Å². The van der Waals surface area contributed by atoms with Gasteiger partial charge in [0.25, 0.3) is 0 Å². The van der Waals surface area contributed by atoms with E-state index in [1.807, 2.05) is 19.9 Å². The number of hydrogen-bond acceptors (Lipinski definition) is 6. The van der Waals surface area contributed by atoms with Crippen LogP contribution in [0.1, 0.15) is 44.1 Å². The lowest BCUT2D eigenvalue weighted by atomic mass is 9.89. The van der Waals surface area contributed by atoms with Gasteiger partial charge >= 0.3 is 0 Å². The number of aromatic nitrogens is 4. The molecule has 26 heavy (non-hydrogen) atoms. The van der Waals surface area contributed by atoms with Crippen LogP contribution in [0.2, 0.25) is 0 Å². The van der Waals surface area contributed by atoms with E-state index < -0.39 is 5.60 Å². The number of aliphatic hydroxyl groups is 1. The van der Waals surface area contributed by atoms with Gasteiger partial charge in [-0.2, -0.15) is 0 Å². The highest BCUT2D eigenvalue weighted by atomic mass is 16.5. The molecule has 1 N–H and O–H groups in total. The van der Waals surface area contributed by atoms with E-state index >= 15 is 0 Å². The van der Waals surface area contributed by atoms with E-state index in [1.165, 1.54) is 0 Å². The molecule has 8 nitrogen and oxygen atoms in total. The van der Waals surface area contributed by atoms with Crippen LogP contribution in [0.4, 0.5) is 0 Å². The smallest absolute Gasteiger partial charge is 0.228 e. The summed E-state index contributed by atoms with van der Waals surface area (Å²) in [7, 11) is 1.54. The predicted molar refractivity (Wildman–Crippen MR) is 94.6 cm³/mol. The Bertz CT molecular complexity index is 776. The van der Waals surface area contributed by atoms with Crippen molar-refractivity contribution in [2.45, 2.75) is 44.8 Å². The number of amides is 1. The fraction of sp³-hybridized carbons (Fsp3) is 0.556. The topological polar surface area (TPSA) is 93.4 Å². The Morgan fingerprint density at radius 3 is 2.92 bits per heavy atom. The Balaban J connectivity index is 1.71. The largest absolute Gasteiger partial charge is 0.481 e. The van der Waals surface area contributed by atoms with E-state index in [1.54, 1.807) is 35.0 Å². The first-order valence-electron chi connectivity index (χ1n) is 8.83. The highest BCUT2D eigenvalue weighted by molar-refractivity contribution is 5.78. The molecule has 1 unspecified atom stereocenters. The maximum Gasteiger partial charge on any atom is 0.228 e. The number of nitrogens with zero attached hydrogens (tertiary/aromatic N) is 5. The Kier molecular flexibility index (Phi) is 5.22. The van der Waals surface area contributed by atoms with Crippen molar-refractivity contribution in [3.63, 3.8) is 0 Å². The number of carbonyl (C=O) groups excluding carboxylic acids is 1. The molecule has 0 bridgehead atoms. The molecule has 0 radical (unpaired) electrons. The third-order valence-electron chi connectivity index (χ3n) is 4.66. The highest BCUT2D eigenvalue weighted by Crippen LogP contribution is 2.30. The van der Waals surface area contributed by atoms with Gasteiger partial charge in [0, 0.05) is 18.7 Å². The number of piperidine rings is 1. The summed E-state index contributed by atoms with van der Waals surface area (Å²) in [5.74, 6) is 0.413. The number of hydrogen-bond donors (Lipinski definition) is 1. The summed E-state index contributed by atoms with van der Waals surface area (Å²) in [6.07, 6.45) is 3.21. The number of rotatable bonds is 5. The molecule has 1 fully saturated rings. The first kappa shape index (κ1) is 18.3. The van der Waals surface area contributed by atoms with Crippen LogP contribution in [0.15, 0.2) is 24.4 Å². The summed E-state index contributed by atoms with van der Waals surface area (Å²) in [6, 6.07) is 5.52. The quantitative estimate of drug-likeness (QED) is 0.865. The van der Waals surface area contributed by atoms with Crippen LogP contribution in [0.25, 0.3) is 0 Å². The molecule has 0 aromatic carbocycles. The molecule has 0 aliphatic carbocycles. The van der Waals surface area contributed by atoms with Gasteiger partial charge in [-0.3, -0.25) is 4.79 Å². The van der Waals surface area contributed by atoms with Crippen molar-refractivity contribution in [2.75, 3.05) is 20.2 Å². The average molecular weight is 359 g/mol. The number of pyridine rings is 1. The summed E-state index contributed by atoms with van der Waals surface area (Å²) < 4.78 is 6.82. The van der Waals surface area contributed by atoms with Gasteiger partial charge < -0.3 is 14.7 Å². The molecule has 140 valence electrons. The van der Waals surface area contributed by atoms with Gasteiger partial charge in [-0.1, -0.05) is 11.3 Å². The molecule has 8 heteroatoms. The van der Waals surface area contributed by atoms with Crippen molar-refractivity contribution in [1.82, 2.24) is 24.9 Å². The van der Waals surface area contributed by atoms with E-state index in [9.17, 15) is 9.90 Å². The second kappa shape index (κ2) is 7.41. The first-order chi connectivity index (χ1) is 12.4. The van der Waals surface area contributed by atoms with Crippen LogP contribution < -0.4 is 4.74 Å². The lowest BCUT2D eigenvalue weighted by Gasteiger charge is -2.38. The molecule has 0 saturated carbocycles. The molecule has 1 atom stereocenters. The van der Waals surface area contributed by atoms with E-state index in [4.69, 9.17) is 4.74 Å². The lowest BCUT2D eigenvalue weighted by Crippen LogP contribution is -2.49. The fourth-order valence-corrected chi connectivity index (χ4v) is 3.14. The van der Waals surface area contributed by atoms with Crippen molar-refractivity contribution in [1.29, 1.82) is 0 Å². The number of ether oxygens (including phenoxy) is 1. The predicted octanol–water partition coefficient (Wildman–Crippen LogP) is 1.32. The minimum absolute atomic E-state index is 0.0693. The second-order valence-electron chi connectivity index (χ2n) is 6.98. The third-order valence-corrected chi connectivity index (χ3v) is 4.66. The maximum atomic E-state index is 12.7. The van der Waals surface area contributed by atoms with Crippen molar-refractivity contribution >= 4 is 5.91 Å². The van der Waals surface area contributed by atoms with E-state index in [0.29, 0.717) is 36.7 Å². The van der Waals surface area contributed by atoms with Gasteiger partial charge in [0.2, 0.25) is 11.8 Å². The number of β-amino-alcohol motifs (C(OH)–C–C–N with tert-alkyl or cyclic N) is 1. The molecule has 2 aromatic rings. The zero-order chi connectivity index (χ0) is 18.7. The summed E-state index contributed by atoms with van der Waals surface area (Å²) in [5.41, 5.74) is 0.000446. The third kappa shape index (κ3) is 3.85. The van der Waals surface area contributed by atoms with Gasteiger partial charge in [-0.25, -0.2) is 9.67 Å². The zero-order valence-electron chi connectivity index (χ0n) is 15.4. The van der Waals surface area contributed by atoms with Crippen LogP contribution in [0, 0.1) is 0 Å². The van der Waals surface area contributed by atoms with Crippen LogP contribution in [-0.4, -0.2) is 56.1 Å². The summed E-state index contributed by atoms with van der Waals surface area (Å²) in [4.78, 5) is 18.7. The van der Waals surface area contributed by atoms with E-state index in [-0.39, 0.29) is 24.9 Å². The second-order valence-corrected chi connectivity index (χ2v) is 6.98. The van der Waals surface area contributed by atoms with E-state index in [0.717, 1.165) is 0 Å². The molecule has 1 amide bonds. The van der Waals surface area contributed by atoms with Crippen molar-refractivity contribution < 1.29 is 14.6 Å². The standard InChI is InChI=1S/C18H25N5O3/c1-13(2)23-11-15(20-21-23)18(25)8-5-9-22(12-18)17(24)10-14-6-4-7-16(19-14)26-3/h4,6-7,11,13,25H,5,8-10,12H2,1-3H3. The zero-order valence-corrected chi connectivity index (χ0v) is 15.4. The molecular weight excluding hydrogens is 334 g/mol. The fourth-order valence-electron chi connectivity index (χ4n) is 3.14. The van der Waals surface area contributed by atoms with Crippen molar-refractivity contribution in [2.24, 2.45) is 0 Å². The Morgan fingerprint density at radius 1 is 1.42 bits per heavy atom. The molecule has 3 rings (SSSR count). The number of methoxy groups -OCH3 is 1. The van der Waals surface area contributed by atoms with Gasteiger partial charge in [0.15, 0.2) is 0 Å². The first-order valence-corrected chi connectivity index (χ1v) is 8.83. The minimum atomic E-state index is -1.16. The normalized spacial score (nSPS) is 20.4. The van der Waals surface area contributed by atoms with Crippen LogP contribution >= 0.6 is 0 Å². The monoisotopic (exact) mass is 359 g/mol. The van der Waals surface area contributed by atoms with Gasteiger partial charge in [-0.15, -0.1) is 5.10 Å². The molecular formula is C18H25N5O3. The lowest BCUT2D eigenvalue weighted by molar-refractivity contribution is -0.138. The maximum absolute atomic E-state index is 12.7.